The highest BCUT2D eigenvalue weighted by Crippen LogP contribution is 2.22. The molecule has 0 saturated carbocycles. The number of nitrogens with one attached hydrogen (secondary N) is 1. The number of unbranched alkanes of at least 4 members (excludes halogenated alkanes) is 3. The second-order valence-corrected chi connectivity index (χ2v) is 6.46. The van der Waals surface area contributed by atoms with Gasteiger partial charge in [0.05, 0.1) is 17.4 Å². The van der Waals surface area contributed by atoms with Crippen molar-refractivity contribution in [3.8, 4) is 11.3 Å². The average Bonchev–Trinajstić information content (AvgIpc) is 3.12. The minimum Gasteiger partial charge on any atom is -0.342 e. The highest BCUT2D eigenvalue weighted by molar-refractivity contribution is 5.83. The number of carbonyl (C=O) groups is 1. The van der Waals surface area contributed by atoms with Gasteiger partial charge in [0.25, 0.3) is 0 Å². The summed E-state index contributed by atoms with van der Waals surface area (Å²) in [6.07, 6.45) is 10.5. The molecule has 4 heteroatoms. The van der Waals surface area contributed by atoms with Crippen molar-refractivity contribution in [2.24, 2.45) is 0 Å². The third-order valence-corrected chi connectivity index (χ3v) is 4.56. The molecule has 2 aromatic heterocycles. The van der Waals surface area contributed by atoms with Gasteiger partial charge in [-0.25, -0.2) is 4.98 Å². The second kappa shape index (κ2) is 8.56. The van der Waals surface area contributed by atoms with Gasteiger partial charge in [-0.15, -0.1) is 0 Å². The van der Waals surface area contributed by atoms with Crippen LogP contribution >= 0.6 is 0 Å². The Bertz CT molecular complexity index is 838. The second-order valence-electron chi connectivity index (χ2n) is 6.46. The summed E-state index contributed by atoms with van der Waals surface area (Å²) in [5.74, 6) is 1.41. The number of aromatic nitrogens is 3. The lowest BCUT2D eigenvalue weighted by molar-refractivity contribution is -0.118. The van der Waals surface area contributed by atoms with E-state index in [4.69, 9.17) is 0 Å². The van der Waals surface area contributed by atoms with Crippen LogP contribution < -0.4 is 0 Å². The molecule has 0 bridgehead atoms. The Morgan fingerprint density at radius 1 is 1.08 bits per heavy atom. The van der Waals surface area contributed by atoms with E-state index in [1.165, 1.54) is 0 Å². The van der Waals surface area contributed by atoms with Gasteiger partial charge in [-0.1, -0.05) is 31.9 Å². The molecule has 25 heavy (non-hydrogen) atoms. The Morgan fingerprint density at radius 3 is 2.84 bits per heavy atom. The van der Waals surface area contributed by atoms with E-state index in [1.807, 2.05) is 31.5 Å². The number of benzene rings is 1. The molecule has 4 nitrogen and oxygen atoms in total. The number of hydrogen-bond donors (Lipinski definition) is 1. The van der Waals surface area contributed by atoms with Crippen molar-refractivity contribution in [3.63, 3.8) is 0 Å². The highest BCUT2D eigenvalue weighted by atomic mass is 16.1. The Kier molecular flexibility index (Phi) is 5.94. The number of ketones is 1. The summed E-state index contributed by atoms with van der Waals surface area (Å²) in [5.41, 5.74) is 3.19. The standard InChI is InChI=1S/C21H25N3O/c1-2-18(25)9-5-3-4-6-10-21-23-15-20(24-21)17-11-12-19-16(14-17)8-7-13-22-19/h7-8,11-15H,2-6,9-10H2,1H3,(H,23,24). The zero-order valence-electron chi connectivity index (χ0n) is 14.8. The van der Waals surface area contributed by atoms with Gasteiger partial charge in [0, 0.05) is 36.4 Å². The zero-order valence-corrected chi connectivity index (χ0v) is 14.8. The number of hydrogen-bond acceptors (Lipinski definition) is 3. The first kappa shape index (κ1) is 17.3. The van der Waals surface area contributed by atoms with Crippen molar-refractivity contribution < 1.29 is 4.79 Å². The van der Waals surface area contributed by atoms with Crippen molar-refractivity contribution in [1.29, 1.82) is 0 Å². The van der Waals surface area contributed by atoms with E-state index in [0.29, 0.717) is 12.2 Å². The highest BCUT2D eigenvalue weighted by Gasteiger charge is 2.05. The van der Waals surface area contributed by atoms with Gasteiger partial charge in [-0.2, -0.15) is 0 Å². The molecule has 130 valence electrons. The molecule has 2 heterocycles. The summed E-state index contributed by atoms with van der Waals surface area (Å²) in [5, 5.41) is 1.14. The number of aryl methyl sites for hydroxylation is 1. The summed E-state index contributed by atoms with van der Waals surface area (Å²) in [4.78, 5) is 23.6. The van der Waals surface area contributed by atoms with Crippen LogP contribution in [0.4, 0.5) is 0 Å². The smallest absolute Gasteiger partial charge is 0.132 e. The Morgan fingerprint density at radius 2 is 1.96 bits per heavy atom. The van der Waals surface area contributed by atoms with Crippen LogP contribution in [0.3, 0.4) is 0 Å². The van der Waals surface area contributed by atoms with Crippen LogP contribution in [0.15, 0.2) is 42.7 Å². The first-order valence-corrected chi connectivity index (χ1v) is 9.17. The minimum atomic E-state index is 0.376. The topological polar surface area (TPSA) is 58.6 Å². The van der Waals surface area contributed by atoms with Crippen LogP contribution in [0.2, 0.25) is 0 Å². The SMILES string of the molecule is CCC(=O)CCCCCCc1ncc(-c2ccc3ncccc3c2)[nH]1. The van der Waals surface area contributed by atoms with Gasteiger partial charge in [-0.3, -0.25) is 9.78 Å². The Labute approximate surface area is 148 Å². The molecule has 0 radical (unpaired) electrons. The monoisotopic (exact) mass is 335 g/mol. The summed E-state index contributed by atoms with van der Waals surface area (Å²) in [7, 11) is 0. The van der Waals surface area contributed by atoms with E-state index >= 15 is 0 Å². The van der Waals surface area contributed by atoms with Crippen molar-refractivity contribution in [2.75, 3.05) is 0 Å². The first-order chi connectivity index (χ1) is 12.3. The van der Waals surface area contributed by atoms with Crippen molar-refractivity contribution in [1.82, 2.24) is 15.0 Å². The molecule has 0 amide bonds. The lowest BCUT2D eigenvalue weighted by Gasteiger charge is -2.01. The summed E-state index contributed by atoms with van der Waals surface area (Å²) in [6, 6.07) is 10.3. The number of carbonyl (C=O) groups excluding carboxylic acids is 1. The van der Waals surface area contributed by atoms with Crippen LogP contribution in [0, 0.1) is 0 Å². The summed E-state index contributed by atoms with van der Waals surface area (Å²) >= 11 is 0. The average molecular weight is 335 g/mol. The molecule has 0 aliphatic carbocycles. The Balaban J connectivity index is 1.51. The molecule has 0 aliphatic heterocycles. The summed E-state index contributed by atoms with van der Waals surface area (Å²) < 4.78 is 0. The Hall–Kier alpha value is -2.49. The largest absolute Gasteiger partial charge is 0.342 e. The van der Waals surface area contributed by atoms with E-state index in [2.05, 4.69) is 33.2 Å². The number of rotatable bonds is 9. The third-order valence-electron chi connectivity index (χ3n) is 4.56. The van der Waals surface area contributed by atoms with E-state index in [9.17, 15) is 4.79 Å². The molecule has 0 saturated heterocycles. The molecular weight excluding hydrogens is 310 g/mol. The fraction of sp³-hybridized carbons (Fsp3) is 0.381. The molecule has 0 fully saturated rings. The van der Waals surface area contributed by atoms with Gasteiger partial charge in [0.15, 0.2) is 0 Å². The number of nitrogens with zero attached hydrogens (tertiary/aromatic N) is 2. The van der Waals surface area contributed by atoms with Crippen molar-refractivity contribution in [3.05, 3.63) is 48.5 Å². The molecule has 0 spiro atoms. The molecule has 0 aliphatic rings. The molecule has 0 atom stereocenters. The zero-order chi connectivity index (χ0) is 17.5. The maximum absolute atomic E-state index is 11.3. The van der Waals surface area contributed by atoms with Crippen molar-refractivity contribution in [2.45, 2.75) is 51.9 Å². The predicted molar refractivity (Wildman–Crippen MR) is 101 cm³/mol. The van der Waals surface area contributed by atoms with Crippen LogP contribution in [0.5, 0.6) is 0 Å². The number of fused-ring (bicyclic) bond motifs is 1. The van der Waals surface area contributed by atoms with E-state index in [-0.39, 0.29) is 0 Å². The fourth-order valence-electron chi connectivity index (χ4n) is 3.02. The molecule has 1 aromatic carbocycles. The predicted octanol–water partition coefficient (Wildman–Crippen LogP) is 5.10. The molecule has 1 N–H and O–H groups in total. The third kappa shape index (κ3) is 4.75. The quantitative estimate of drug-likeness (QED) is 0.554. The number of pyridine rings is 1. The number of aromatic amines is 1. The number of Topliss-reactive ketones (excluding diaryl/α,β-unsaturated/α-hetero) is 1. The fourth-order valence-corrected chi connectivity index (χ4v) is 3.02. The molecule has 3 rings (SSSR count). The van der Waals surface area contributed by atoms with Crippen LogP contribution in [-0.2, 0) is 11.2 Å². The van der Waals surface area contributed by atoms with Gasteiger partial charge in [-0.05, 0) is 31.0 Å². The van der Waals surface area contributed by atoms with Crippen LogP contribution in [0.1, 0.15) is 51.3 Å². The van der Waals surface area contributed by atoms with Crippen LogP contribution in [-0.4, -0.2) is 20.7 Å². The lowest BCUT2D eigenvalue weighted by atomic mass is 10.1. The van der Waals surface area contributed by atoms with E-state index < -0.39 is 0 Å². The number of imidazole rings is 1. The summed E-state index contributed by atoms with van der Waals surface area (Å²) in [6.45, 7) is 1.93. The maximum atomic E-state index is 11.3. The number of H-pyrrole nitrogens is 1. The maximum Gasteiger partial charge on any atom is 0.132 e. The van der Waals surface area contributed by atoms with Crippen molar-refractivity contribution >= 4 is 16.7 Å². The first-order valence-electron chi connectivity index (χ1n) is 9.17. The minimum absolute atomic E-state index is 0.376. The van der Waals surface area contributed by atoms with E-state index in [0.717, 1.165) is 66.5 Å². The van der Waals surface area contributed by atoms with Gasteiger partial charge in [0.1, 0.15) is 11.6 Å². The van der Waals surface area contributed by atoms with Gasteiger partial charge in [0.2, 0.25) is 0 Å². The van der Waals surface area contributed by atoms with Gasteiger partial charge < -0.3 is 4.98 Å². The molecule has 0 unspecified atom stereocenters. The van der Waals surface area contributed by atoms with E-state index in [1.54, 1.807) is 0 Å². The van der Waals surface area contributed by atoms with Gasteiger partial charge >= 0.3 is 0 Å². The normalized spacial score (nSPS) is 11.1. The van der Waals surface area contributed by atoms with Crippen LogP contribution in [0.25, 0.3) is 22.2 Å². The molecular formula is C21H25N3O. The lowest BCUT2D eigenvalue weighted by Crippen LogP contribution is -1.94. The molecule has 3 aromatic rings.